The molecule has 140 valence electrons. The maximum atomic E-state index is 12.4. The zero-order chi connectivity index (χ0) is 19.5. The van der Waals surface area contributed by atoms with Gasteiger partial charge in [-0.15, -0.1) is 0 Å². The topological polar surface area (TPSA) is 75.7 Å². The highest BCUT2D eigenvalue weighted by Gasteiger charge is 2.20. The molecule has 2 aromatic carbocycles. The largest absolute Gasteiger partial charge is 0.480 e. The number of anilines is 1. The fourth-order valence-corrected chi connectivity index (χ4v) is 3.67. The quantitative estimate of drug-likeness (QED) is 0.746. The van der Waals surface area contributed by atoms with Crippen LogP contribution in [-0.4, -0.2) is 38.8 Å². The summed E-state index contributed by atoms with van der Waals surface area (Å²) < 4.78 is 32.0. The number of benzene rings is 2. The molecular formula is C18H21BrN2O4S. The SMILES string of the molecule is Cc1ccc(OC(C)C(=O)Nc2cccc(S(=O)(=O)N(C)C)c2)c(Br)c1. The Kier molecular flexibility index (Phi) is 6.44. The van der Waals surface area contributed by atoms with Crippen molar-refractivity contribution < 1.29 is 17.9 Å². The second kappa shape index (κ2) is 8.20. The van der Waals surface area contributed by atoms with Gasteiger partial charge in [-0.2, -0.15) is 0 Å². The third-order valence-corrected chi connectivity index (χ3v) is 6.07. The van der Waals surface area contributed by atoms with Crippen LogP contribution in [0.4, 0.5) is 5.69 Å². The van der Waals surface area contributed by atoms with E-state index in [1.807, 2.05) is 19.1 Å². The molecule has 2 rings (SSSR count). The number of carbonyl (C=O) groups is 1. The Balaban J connectivity index is 2.12. The molecule has 0 bridgehead atoms. The van der Waals surface area contributed by atoms with Gasteiger partial charge in [0.2, 0.25) is 10.0 Å². The molecule has 26 heavy (non-hydrogen) atoms. The second-order valence-corrected chi connectivity index (χ2v) is 9.00. The molecule has 0 spiro atoms. The Morgan fingerprint density at radius 1 is 1.19 bits per heavy atom. The van der Waals surface area contributed by atoms with Gasteiger partial charge in [0, 0.05) is 19.8 Å². The number of hydrogen-bond donors (Lipinski definition) is 1. The monoisotopic (exact) mass is 440 g/mol. The average molecular weight is 441 g/mol. The van der Waals surface area contributed by atoms with E-state index in [9.17, 15) is 13.2 Å². The first-order chi connectivity index (χ1) is 12.1. The number of ether oxygens (including phenoxy) is 1. The lowest BCUT2D eigenvalue weighted by Crippen LogP contribution is -2.30. The first-order valence-corrected chi connectivity index (χ1v) is 10.1. The van der Waals surface area contributed by atoms with Crippen LogP contribution in [0.1, 0.15) is 12.5 Å². The van der Waals surface area contributed by atoms with Crippen LogP contribution in [0.25, 0.3) is 0 Å². The molecule has 6 nitrogen and oxygen atoms in total. The molecule has 0 saturated heterocycles. The Bertz CT molecular complexity index is 913. The van der Waals surface area contributed by atoms with Crippen LogP contribution in [0.3, 0.4) is 0 Å². The van der Waals surface area contributed by atoms with Gasteiger partial charge in [-0.05, 0) is 65.7 Å². The van der Waals surface area contributed by atoms with Crippen molar-refractivity contribution in [3.8, 4) is 5.75 Å². The lowest BCUT2D eigenvalue weighted by Gasteiger charge is -2.17. The molecular weight excluding hydrogens is 420 g/mol. The van der Waals surface area contributed by atoms with E-state index in [0.717, 1.165) is 14.3 Å². The summed E-state index contributed by atoms with van der Waals surface area (Å²) in [6.45, 7) is 3.58. The molecule has 1 amide bonds. The first kappa shape index (κ1) is 20.4. The van der Waals surface area contributed by atoms with Crippen molar-refractivity contribution in [2.75, 3.05) is 19.4 Å². The molecule has 8 heteroatoms. The van der Waals surface area contributed by atoms with Crippen molar-refractivity contribution in [3.63, 3.8) is 0 Å². The summed E-state index contributed by atoms with van der Waals surface area (Å²) in [4.78, 5) is 12.5. The molecule has 0 aliphatic carbocycles. The van der Waals surface area contributed by atoms with Crippen LogP contribution in [0.2, 0.25) is 0 Å². The summed E-state index contributed by atoms with van der Waals surface area (Å²) in [6.07, 6.45) is -0.761. The third kappa shape index (κ3) is 4.84. The fraction of sp³-hybridized carbons (Fsp3) is 0.278. The highest BCUT2D eigenvalue weighted by atomic mass is 79.9. The summed E-state index contributed by atoms with van der Waals surface area (Å²) in [6, 6.07) is 11.7. The summed E-state index contributed by atoms with van der Waals surface area (Å²) in [5.74, 6) is 0.180. The highest BCUT2D eigenvalue weighted by Crippen LogP contribution is 2.27. The predicted octanol–water partition coefficient (Wildman–Crippen LogP) is 3.41. The number of nitrogens with zero attached hydrogens (tertiary/aromatic N) is 1. The van der Waals surface area contributed by atoms with Crippen molar-refractivity contribution in [1.82, 2.24) is 4.31 Å². The molecule has 0 aliphatic rings. The zero-order valence-corrected chi connectivity index (χ0v) is 17.4. The number of rotatable bonds is 6. The van der Waals surface area contributed by atoms with Crippen molar-refractivity contribution in [2.45, 2.75) is 24.8 Å². The lowest BCUT2D eigenvalue weighted by molar-refractivity contribution is -0.122. The van der Waals surface area contributed by atoms with Crippen LogP contribution in [0.5, 0.6) is 5.75 Å². The molecule has 1 unspecified atom stereocenters. The number of hydrogen-bond acceptors (Lipinski definition) is 4. The van der Waals surface area contributed by atoms with Gasteiger partial charge in [0.1, 0.15) is 5.75 Å². The summed E-state index contributed by atoms with van der Waals surface area (Å²) in [5, 5.41) is 2.68. The second-order valence-electron chi connectivity index (χ2n) is 6.00. The van der Waals surface area contributed by atoms with Gasteiger partial charge in [0.25, 0.3) is 5.91 Å². The van der Waals surface area contributed by atoms with Crippen LogP contribution in [-0.2, 0) is 14.8 Å². The molecule has 0 radical (unpaired) electrons. The van der Waals surface area contributed by atoms with Gasteiger partial charge in [0.15, 0.2) is 6.10 Å². The van der Waals surface area contributed by atoms with Gasteiger partial charge in [-0.3, -0.25) is 4.79 Å². The number of aryl methyl sites for hydroxylation is 1. The predicted molar refractivity (Wildman–Crippen MR) is 105 cm³/mol. The van der Waals surface area contributed by atoms with E-state index >= 15 is 0 Å². The lowest BCUT2D eigenvalue weighted by atomic mass is 10.2. The Morgan fingerprint density at radius 2 is 1.88 bits per heavy atom. The van der Waals surface area contributed by atoms with E-state index in [1.165, 1.54) is 26.2 Å². The Hall–Kier alpha value is -1.90. The Labute approximate surface area is 162 Å². The van der Waals surface area contributed by atoms with Crippen LogP contribution >= 0.6 is 15.9 Å². The van der Waals surface area contributed by atoms with Crippen LogP contribution in [0.15, 0.2) is 51.8 Å². The van der Waals surface area contributed by atoms with E-state index in [2.05, 4.69) is 21.2 Å². The minimum absolute atomic E-state index is 0.107. The van der Waals surface area contributed by atoms with Gasteiger partial charge in [0.05, 0.1) is 9.37 Å². The maximum Gasteiger partial charge on any atom is 0.265 e. The van der Waals surface area contributed by atoms with E-state index < -0.39 is 16.1 Å². The summed E-state index contributed by atoms with van der Waals surface area (Å²) in [7, 11) is -0.661. The number of amides is 1. The van der Waals surface area contributed by atoms with Crippen molar-refractivity contribution in [1.29, 1.82) is 0 Å². The number of nitrogens with one attached hydrogen (secondary N) is 1. The molecule has 0 aliphatic heterocycles. The van der Waals surface area contributed by atoms with Gasteiger partial charge in [-0.1, -0.05) is 12.1 Å². The fourth-order valence-electron chi connectivity index (χ4n) is 2.13. The van der Waals surface area contributed by atoms with E-state index in [-0.39, 0.29) is 10.8 Å². The molecule has 0 saturated carbocycles. The Morgan fingerprint density at radius 3 is 2.50 bits per heavy atom. The first-order valence-electron chi connectivity index (χ1n) is 7.87. The van der Waals surface area contributed by atoms with Crippen molar-refractivity contribution in [3.05, 3.63) is 52.5 Å². The van der Waals surface area contributed by atoms with Gasteiger partial charge in [-0.25, -0.2) is 12.7 Å². The number of carbonyl (C=O) groups excluding carboxylic acids is 1. The normalized spacial score (nSPS) is 12.7. The van der Waals surface area contributed by atoms with Crippen LogP contribution < -0.4 is 10.1 Å². The minimum atomic E-state index is -3.57. The zero-order valence-electron chi connectivity index (χ0n) is 15.0. The standard InChI is InChI=1S/C18H21BrN2O4S/c1-12-8-9-17(16(19)10-12)25-13(2)18(22)20-14-6-5-7-15(11-14)26(23,24)21(3)4/h5-11,13H,1-4H3,(H,20,22). The van der Waals surface area contributed by atoms with E-state index in [4.69, 9.17) is 4.74 Å². The molecule has 2 aromatic rings. The molecule has 0 fully saturated rings. The molecule has 1 N–H and O–H groups in total. The van der Waals surface area contributed by atoms with Gasteiger partial charge < -0.3 is 10.1 Å². The highest BCUT2D eigenvalue weighted by molar-refractivity contribution is 9.10. The summed E-state index contributed by atoms with van der Waals surface area (Å²) >= 11 is 3.41. The number of sulfonamides is 1. The molecule has 1 atom stereocenters. The van der Waals surface area contributed by atoms with Crippen molar-refractivity contribution >= 4 is 37.5 Å². The smallest absolute Gasteiger partial charge is 0.265 e. The van der Waals surface area contributed by atoms with E-state index in [1.54, 1.807) is 25.1 Å². The van der Waals surface area contributed by atoms with Gasteiger partial charge >= 0.3 is 0 Å². The van der Waals surface area contributed by atoms with E-state index in [0.29, 0.717) is 11.4 Å². The summed E-state index contributed by atoms with van der Waals surface area (Å²) in [5.41, 5.74) is 1.46. The minimum Gasteiger partial charge on any atom is -0.480 e. The molecule has 0 heterocycles. The molecule has 0 aromatic heterocycles. The third-order valence-electron chi connectivity index (χ3n) is 3.64. The average Bonchev–Trinajstić information content (AvgIpc) is 2.57. The van der Waals surface area contributed by atoms with Crippen LogP contribution in [0, 0.1) is 6.92 Å². The van der Waals surface area contributed by atoms with Crippen molar-refractivity contribution in [2.24, 2.45) is 0 Å². The number of halogens is 1. The maximum absolute atomic E-state index is 12.4.